The van der Waals surface area contributed by atoms with Gasteiger partial charge in [-0.05, 0) is 77.9 Å². The molecule has 7 nitrogen and oxygen atoms in total. The SMILES string of the molecule is CC1=C(C(=O)Nc2cccc(C)c2)C(c2cc(Br)ccc2OCc2ccc(C(C)(C)C)cc2)n2nc(SCc3ccccc3Cl)nc2N1. The van der Waals surface area contributed by atoms with E-state index in [0.717, 1.165) is 26.7 Å². The van der Waals surface area contributed by atoms with Crippen LogP contribution >= 0.6 is 39.3 Å². The van der Waals surface area contributed by atoms with Gasteiger partial charge in [0, 0.05) is 32.2 Å². The van der Waals surface area contributed by atoms with Crippen LogP contribution in [0.4, 0.5) is 11.6 Å². The van der Waals surface area contributed by atoms with E-state index in [-0.39, 0.29) is 11.3 Å². The molecular formula is C38H37BrClN5O2S. The van der Waals surface area contributed by atoms with Crippen LogP contribution in [0.15, 0.2) is 112 Å². The first kappa shape index (κ1) is 33.8. The molecule has 4 aromatic carbocycles. The smallest absolute Gasteiger partial charge is 0.255 e. The van der Waals surface area contributed by atoms with Gasteiger partial charge in [0.25, 0.3) is 5.91 Å². The van der Waals surface area contributed by atoms with E-state index in [9.17, 15) is 4.79 Å². The highest BCUT2D eigenvalue weighted by molar-refractivity contribution is 9.10. The van der Waals surface area contributed by atoms with Gasteiger partial charge in [-0.25, -0.2) is 4.68 Å². The summed E-state index contributed by atoms with van der Waals surface area (Å²) < 4.78 is 9.15. The summed E-state index contributed by atoms with van der Waals surface area (Å²) in [6, 6.07) is 29.2. The van der Waals surface area contributed by atoms with E-state index in [1.54, 1.807) is 4.68 Å². The summed E-state index contributed by atoms with van der Waals surface area (Å²) in [4.78, 5) is 19.0. The van der Waals surface area contributed by atoms with Gasteiger partial charge in [0.2, 0.25) is 11.1 Å². The second-order valence-electron chi connectivity index (χ2n) is 12.9. The van der Waals surface area contributed by atoms with Crippen LogP contribution in [0, 0.1) is 6.92 Å². The largest absolute Gasteiger partial charge is 0.489 e. The van der Waals surface area contributed by atoms with Crippen molar-refractivity contribution in [1.82, 2.24) is 14.8 Å². The summed E-state index contributed by atoms with van der Waals surface area (Å²) >= 11 is 11.6. The van der Waals surface area contributed by atoms with Crippen LogP contribution in [0.2, 0.25) is 5.02 Å². The zero-order valence-corrected chi connectivity index (χ0v) is 30.6. The molecule has 1 aliphatic heterocycles. The van der Waals surface area contributed by atoms with Crippen molar-refractivity contribution in [2.45, 2.75) is 63.6 Å². The molecule has 0 spiro atoms. The molecule has 1 amide bonds. The lowest BCUT2D eigenvalue weighted by Gasteiger charge is -2.30. The summed E-state index contributed by atoms with van der Waals surface area (Å²) in [6.07, 6.45) is 0. The van der Waals surface area contributed by atoms with Crippen molar-refractivity contribution in [1.29, 1.82) is 0 Å². The average molecular weight is 743 g/mol. The van der Waals surface area contributed by atoms with Crippen molar-refractivity contribution in [2.75, 3.05) is 10.6 Å². The van der Waals surface area contributed by atoms with Gasteiger partial charge in [-0.15, -0.1) is 5.10 Å². The fraction of sp³-hybridized carbons (Fsp3) is 0.237. The number of anilines is 2. The number of hydrogen-bond donors (Lipinski definition) is 2. The predicted molar refractivity (Wildman–Crippen MR) is 199 cm³/mol. The fourth-order valence-corrected chi connectivity index (χ4v) is 7.07. The van der Waals surface area contributed by atoms with Crippen molar-refractivity contribution < 1.29 is 9.53 Å². The molecule has 246 valence electrons. The van der Waals surface area contributed by atoms with Crippen LogP contribution in [0.1, 0.15) is 61.6 Å². The number of ether oxygens (including phenoxy) is 1. The topological polar surface area (TPSA) is 81.1 Å². The van der Waals surface area contributed by atoms with Gasteiger partial charge in [-0.3, -0.25) is 4.79 Å². The molecular weight excluding hydrogens is 706 g/mol. The number of rotatable bonds is 9. The van der Waals surface area contributed by atoms with E-state index in [2.05, 4.69) is 71.6 Å². The summed E-state index contributed by atoms with van der Waals surface area (Å²) in [6.45, 7) is 10.9. The number of nitrogens with zero attached hydrogens (tertiary/aromatic N) is 3. The number of halogens is 2. The Kier molecular flexibility index (Phi) is 10.0. The van der Waals surface area contributed by atoms with Gasteiger partial charge in [-0.1, -0.05) is 115 Å². The minimum absolute atomic E-state index is 0.0624. The number of benzene rings is 4. The van der Waals surface area contributed by atoms with Gasteiger partial charge in [0.1, 0.15) is 18.4 Å². The minimum atomic E-state index is -0.635. The Bertz CT molecular complexity index is 2000. The molecule has 1 unspecified atom stereocenters. The third-order valence-corrected chi connectivity index (χ3v) is 9.90. The highest BCUT2D eigenvalue weighted by atomic mass is 79.9. The molecule has 0 saturated carbocycles. The third-order valence-electron chi connectivity index (χ3n) is 8.15. The quantitative estimate of drug-likeness (QED) is 0.146. The van der Waals surface area contributed by atoms with Crippen LogP contribution < -0.4 is 15.4 Å². The molecule has 6 rings (SSSR count). The van der Waals surface area contributed by atoms with E-state index in [1.807, 2.05) is 80.6 Å². The standard InChI is InChI=1S/C38H37BrClN5O2S/c1-23-9-8-11-29(19-23)42-35(46)33-24(2)41-36-43-37(48-22-26-10-6-7-12-31(26)40)44-45(36)34(33)30-20-28(39)17-18-32(30)47-21-25-13-15-27(16-14-25)38(3,4)5/h6-20,34H,21-22H2,1-5H3,(H,42,46)(H,41,43,44). The average Bonchev–Trinajstić information content (AvgIpc) is 3.45. The number of allylic oxidation sites excluding steroid dienone is 1. The second-order valence-corrected chi connectivity index (χ2v) is 15.1. The molecule has 0 saturated heterocycles. The zero-order chi connectivity index (χ0) is 34.0. The van der Waals surface area contributed by atoms with Gasteiger partial charge < -0.3 is 15.4 Å². The Morgan fingerprint density at radius 1 is 1.02 bits per heavy atom. The number of aromatic nitrogens is 3. The highest BCUT2D eigenvalue weighted by Gasteiger charge is 2.36. The first-order valence-electron chi connectivity index (χ1n) is 15.7. The lowest BCUT2D eigenvalue weighted by atomic mass is 9.87. The molecule has 48 heavy (non-hydrogen) atoms. The lowest BCUT2D eigenvalue weighted by molar-refractivity contribution is -0.113. The maximum atomic E-state index is 14.2. The van der Waals surface area contributed by atoms with Crippen LogP contribution in [-0.4, -0.2) is 20.7 Å². The van der Waals surface area contributed by atoms with Gasteiger partial charge in [0.05, 0.1) is 5.57 Å². The molecule has 1 aliphatic rings. The first-order valence-corrected chi connectivity index (χ1v) is 17.8. The highest BCUT2D eigenvalue weighted by Crippen LogP contribution is 2.42. The molecule has 5 aromatic rings. The van der Waals surface area contributed by atoms with E-state index in [1.165, 1.54) is 17.3 Å². The number of hydrogen-bond acceptors (Lipinski definition) is 6. The molecule has 1 aromatic heterocycles. The molecule has 0 radical (unpaired) electrons. The predicted octanol–water partition coefficient (Wildman–Crippen LogP) is 10.1. The fourth-order valence-electron chi connectivity index (χ4n) is 5.58. The van der Waals surface area contributed by atoms with Crippen molar-refractivity contribution in [3.63, 3.8) is 0 Å². The van der Waals surface area contributed by atoms with Crippen LogP contribution in [0.25, 0.3) is 0 Å². The Labute approximate surface area is 299 Å². The summed E-state index contributed by atoms with van der Waals surface area (Å²) in [5.41, 5.74) is 7.09. The van der Waals surface area contributed by atoms with E-state index in [4.69, 9.17) is 26.4 Å². The van der Waals surface area contributed by atoms with Crippen LogP contribution in [0.5, 0.6) is 5.75 Å². The molecule has 1 atom stereocenters. The molecule has 0 fully saturated rings. The summed E-state index contributed by atoms with van der Waals surface area (Å²) in [5, 5.41) is 12.7. The Balaban J connectivity index is 1.37. The second kappa shape index (κ2) is 14.2. The molecule has 2 heterocycles. The van der Waals surface area contributed by atoms with Crippen molar-refractivity contribution in [2.24, 2.45) is 0 Å². The van der Waals surface area contributed by atoms with Crippen molar-refractivity contribution in [3.05, 3.63) is 140 Å². The van der Waals surface area contributed by atoms with Crippen LogP contribution in [-0.2, 0) is 22.6 Å². The monoisotopic (exact) mass is 741 g/mol. The van der Waals surface area contributed by atoms with Crippen molar-refractivity contribution in [3.8, 4) is 5.75 Å². The molecule has 0 aliphatic carbocycles. The molecule has 2 N–H and O–H groups in total. The molecule has 0 bridgehead atoms. The Hall–Kier alpha value is -4.05. The van der Waals surface area contributed by atoms with Gasteiger partial charge in [0.15, 0.2) is 0 Å². The van der Waals surface area contributed by atoms with E-state index in [0.29, 0.717) is 51.2 Å². The van der Waals surface area contributed by atoms with Crippen LogP contribution in [0.3, 0.4) is 0 Å². The maximum absolute atomic E-state index is 14.2. The molecule has 10 heteroatoms. The lowest BCUT2D eigenvalue weighted by Crippen LogP contribution is -2.31. The Morgan fingerprint density at radius 3 is 2.52 bits per heavy atom. The van der Waals surface area contributed by atoms with E-state index >= 15 is 0 Å². The third kappa shape index (κ3) is 7.64. The summed E-state index contributed by atoms with van der Waals surface area (Å²) in [5.74, 6) is 1.53. The van der Waals surface area contributed by atoms with E-state index < -0.39 is 6.04 Å². The maximum Gasteiger partial charge on any atom is 0.255 e. The van der Waals surface area contributed by atoms with Gasteiger partial charge in [-0.2, -0.15) is 4.98 Å². The number of carbonyl (C=O) groups excluding carboxylic acids is 1. The number of thioether (sulfide) groups is 1. The normalized spacial score (nSPS) is 14.4. The first-order chi connectivity index (χ1) is 23.0. The number of carbonyl (C=O) groups is 1. The number of aryl methyl sites for hydroxylation is 1. The van der Waals surface area contributed by atoms with Gasteiger partial charge >= 0.3 is 0 Å². The minimum Gasteiger partial charge on any atom is -0.489 e. The summed E-state index contributed by atoms with van der Waals surface area (Å²) in [7, 11) is 0. The number of nitrogens with one attached hydrogen (secondary N) is 2. The zero-order valence-electron chi connectivity index (χ0n) is 27.5. The number of fused-ring (bicyclic) bond motifs is 1. The number of amides is 1. The Morgan fingerprint density at radius 2 is 1.79 bits per heavy atom. The van der Waals surface area contributed by atoms with Crippen molar-refractivity contribution >= 4 is 56.8 Å².